The van der Waals surface area contributed by atoms with Crippen LogP contribution in [0.15, 0.2) is 0 Å². The first-order valence-electron chi connectivity index (χ1n) is 6.10. The number of imidazole rings is 1. The number of aromatic nitrogens is 2. The highest BCUT2D eigenvalue weighted by atomic mass is 15.1. The standard InChI is InChI=1S/C12H19N3/c1-8-3-2-6-15-11(8)10(7-13)14-12(15)9-4-5-9/h8-9H,2-7,13H2,1H3. The Morgan fingerprint density at radius 1 is 1.40 bits per heavy atom. The second kappa shape index (κ2) is 3.34. The summed E-state index contributed by atoms with van der Waals surface area (Å²) in [7, 11) is 0. The molecule has 3 nitrogen and oxygen atoms in total. The molecule has 82 valence electrons. The molecule has 1 saturated carbocycles. The molecule has 1 atom stereocenters. The molecule has 1 aliphatic heterocycles. The topological polar surface area (TPSA) is 43.8 Å². The Morgan fingerprint density at radius 2 is 2.20 bits per heavy atom. The molecule has 0 saturated heterocycles. The normalized spacial score (nSPS) is 25.3. The smallest absolute Gasteiger partial charge is 0.112 e. The monoisotopic (exact) mass is 205 g/mol. The van der Waals surface area contributed by atoms with Gasteiger partial charge in [0.2, 0.25) is 0 Å². The highest BCUT2D eigenvalue weighted by Gasteiger charge is 2.33. The van der Waals surface area contributed by atoms with Crippen LogP contribution in [0.3, 0.4) is 0 Å². The largest absolute Gasteiger partial charge is 0.331 e. The Hall–Kier alpha value is -0.830. The first-order chi connectivity index (χ1) is 7.31. The van der Waals surface area contributed by atoms with Crippen molar-refractivity contribution < 1.29 is 0 Å². The second-order valence-corrected chi connectivity index (χ2v) is 4.98. The van der Waals surface area contributed by atoms with Crippen LogP contribution in [0.25, 0.3) is 0 Å². The summed E-state index contributed by atoms with van der Waals surface area (Å²) in [6, 6.07) is 0. The summed E-state index contributed by atoms with van der Waals surface area (Å²) in [5.41, 5.74) is 8.39. The molecule has 1 unspecified atom stereocenters. The molecule has 2 aliphatic rings. The van der Waals surface area contributed by atoms with Gasteiger partial charge in [0.25, 0.3) is 0 Å². The van der Waals surface area contributed by atoms with E-state index >= 15 is 0 Å². The summed E-state index contributed by atoms with van der Waals surface area (Å²) >= 11 is 0. The van der Waals surface area contributed by atoms with E-state index in [0.717, 1.165) is 11.6 Å². The van der Waals surface area contributed by atoms with E-state index in [1.54, 1.807) is 0 Å². The number of hydrogen-bond donors (Lipinski definition) is 1. The third kappa shape index (κ3) is 1.41. The van der Waals surface area contributed by atoms with Crippen LogP contribution < -0.4 is 5.73 Å². The Balaban J connectivity index is 2.10. The van der Waals surface area contributed by atoms with Gasteiger partial charge in [0.05, 0.1) is 5.69 Å². The SMILES string of the molecule is CC1CCCn2c(C3CC3)nc(CN)c21. The van der Waals surface area contributed by atoms with Gasteiger partial charge in [0, 0.05) is 24.7 Å². The Kier molecular flexibility index (Phi) is 2.09. The van der Waals surface area contributed by atoms with Crippen molar-refractivity contribution in [3.8, 4) is 0 Å². The van der Waals surface area contributed by atoms with Gasteiger partial charge in [-0.25, -0.2) is 4.98 Å². The van der Waals surface area contributed by atoms with Crippen LogP contribution >= 0.6 is 0 Å². The third-order valence-electron chi connectivity index (χ3n) is 3.73. The summed E-state index contributed by atoms with van der Waals surface area (Å²) in [4.78, 5) is 4.76. The molecule has 2 N–H and O–H groups in total. The Morgan fingerprint density at radius 3 is 2.87 bits per heavy atom. The van der Waals surface area contributed by atoms with E-state index in [1.165, 1.54) is 43.7 Å². The molecule has 0 aromatic carbocycles. The molecule has 2 heterocycles. The molecule has 0 radical (unpaired) electrons. The maximum absolute atomic E-state index is 5.79. The molecular weight excluding hydrogens is 186 g/mol. The van der Waals surface area contributed by atoms with E-state index in [-0.39, 0.29) is 0 Å². The molecule has 1 aromatic rings. The fourth-order valence-electron chi connectivity index (χ4n) is 2.82. The number of nitrogens with two attached hydrogens (primary N) is 1. The van der Waals surface area contributed by atoms with Crippen LogP contribution in [-0.4, -0.2) is 9.55 Å². The van der Waals surface area contributed by atoms with Crippen molar-refractivity contribution in [3.05, 3.63) is 17.2 Å². The minimum absolute atomic E-state index is 0.604. The molecule has 0 bridgehead atoms. The van der Waals surface area contributed by atoms with Crippen LogP contribution in [0.5, 0.6) is 0 Å². The molecule has 3 rings (SSSR count). The molecule has 15 heavy (non-hydrogen) atoms. The number of nitrogens with zero attached hydrogens (tertiary/aromatic N) is 2. The lowest BCUT2D eigenvalue weighted by molar-refractivity contribution is 0.460. The van der Waals surface area contributed by atoms with Gasteiger partial charge in [-0.2, -0.15) is 0 Å². The molecule has 0 spiro atoms. The fraction of sp³-hybridized carbons (Fsp3) is 0.750. The van der Waals surface area contributed by atoms with Crippen molar-refractivity contribution in [2.45, 2.75) is 57.5 Å². The lowest BCUT2D eigenvalue weighted by atomic mass is 9.96. The zero-order valence-corrected chi connectivity index (χ0v) is 9.37. The van der Waals surface area contributed by atoms with Crippen molar-refractivity contribution in [1.82, 2.24) is 9.55 Å². The molecule has 1 aliphatic carbocycles. The predicted octanol–water partition coefficient (Wildman–Crippen LogP) is 2.12. The third-order valence-corrected chi connectivity index (χ3v) is 3.73. The van der Waals surface area contributed by atoms with Crippen LogP contribution in [0.1, 0.15) is 61.7 Å². The van der Waals surface area contributed by atoms with Crippen molar-refractivity contribution in [3.63, 3.8) is 0 Å². The highest BCUT2D eigenvalue weighted by Crippen LogP contribution is 2.42. The predicted molar refractivity (Wildman–Crippen MR) is 59.7 cm³/mol. The summed E-state index contributed by atoms with van der Waals surface area (Å²) in [5, 5.41) is 0. The fourth-order valence-corrected chi connectivity index (χ4v) is 2.82. The Labute approximate surface area is 90.7 Å². The first-order valence-corrected chi connectivity index (χ1v) is 6.10. The molecular formula is C12H19N3. The number of rotatable bonds is 2. The average Bonchev–Trinajstić information content (AvgIpc) is 3.00. The quantitative estimate of drug-likeness (QED) is 0.803. The van der Waals surface area contributed by atoms with Gasteiger partial charge in [-0.15, -0.1) is 0 Å². The van der Waals surface area contributed by atoms with Gasteiger partial charge in [-0.1, -0.05) is 6.92 Å². The van der Waals surface area contributed by atoms with E-state index in [4.69, 9.17) is 10.7 Å². The molecule has 0 amide bonds. The van der Waals surface area contributed by atoms with Gasteiger partial charge >= 0.3 is 0 Å². The van der Waals surface area contributed by atoms with Gasteiger partial charge in [0.15, 0.2) is 0 Å². The second-order valence-electron chi connectivity index (χ2n) is 4.98. The van der Waals surface area contributed by atoms with E-state index in [2.05, 4.69) is 11.5 Å². The number of fused-ring (bicyclic) bond motifs is 1. The summed E-state index contributed by atoms with van der Waals surface area (Å²) in [5.74, 6) is 2.73. The maximum atomic E-state index is 5.79. The van der Waals surface area contributed by atoms with Crippen LogP contribution in [0.4, 0.5) is 0 Å². The van der Waals surface area contributed by atoms with Crippen molar-refractivity contribution in [2.75, 3.05) is 0 Å². The molecule has 1 fully saturated rings. The minimum Gasteiger partial charge on any atom is -0.331 e. The lowest BCUT2D eigenvalue weighted by Gasteiger charge is -2.23. The zero-order valence-electron chi connectivity index (χ0n) is 9.37. The minimum atomic E-state index is 0.604. The molecule has 3 heteroatoms. The summed E-state index contributed by atoms with van der Waals surface area (Å²) < 4.78 is 2.47. The average molecular weight is 205 g/mol. The maximum Gasteiger partial charge on any atom is 0.112 e. The number of hydrogen-bond acceptors (Lipinski definition) is 2. The van der Waals surface area contributed by atoms with Gasteiger partial charge in [0.1, 0.15) is 5.82 Å². The summed E-state index contributed by atoms with van der Waals surface area (Å²) in [6.07, 6.45) is 5.25. The molecule has 1 aromatic heterocycles. The first kappa shape index (κ1) is 9.40. The van der Waals surface area contributed by atoms with E-state index in [9.17, 15) is 0 Å². The van der Waals surface area contributed by atoms with Crippen molar-refractivity contribution >= 4 is 0 Å². The van der Waals surface area contributed by atoms with Crippen molar-refractivity contribution in [2.24, 2.45) is 5.73 Å². The highest BCUT2D eigenvalue weighted by molar-refractivity contribution is 5.26. The van der Waals surface area contributed by atoms with Crippen molar-refractivity contribution in [1.29, 1.82) is 0 Å². The van der Waals surface area contributed by atoms with Gasteiger partial charge in [-0.3, -0.25) is 0 Å². The van der Waals surface area contributed by atoms with Crippen LogP contribution in [-0.2, 0) is 13.1 Å². The van der Waals surface area contributed by atoms with E-state index in [1.807, 2.05) is 0 Å². The summed E-state index contributed by atoms with van der Waals surface area (Å²) in [6.45, 7) is 4.08. The lowest BCUT2D eigenvalue weighted by Crippen LogP contribution is -2.16. The van der Waals surface area contributed by atoms with E-state index in [0.29, 0.717) is 12.5 Å². The van der Waals surface area contributed by atoms with Gasteiger partial charge < -0.3 is 10.3 Å². The zero-order chi connectivity index (χ0) is 10.4. The van der Waals surface area contributed by atoms with Crippen LogP contribution in [0, 0.1) is 0 Å². The Bertz CT molecular complexity index is 376. The van der Waals surface area contributed by atoms with Gasteiger partial charge in [-0.05, 0) is 31.6 Å². The van der Waals surface area contributed by atoms with Crippen LogP contribution in [0.2, 0.25) is 0 Å². The van der Waals surface area contributed by atoms with E-state index < -0.39 is 0 Å².